The molecule has 0 saturated carbocycles. The Morgan fingerprint density at radius 2 is 1.96 bits per heavy atom. The molecule has 1 heterocycles. The normalized spacial score (nSPS) is 11.2. The number of nitro benzene ring substituents is 1. The molecule has 7 nitrogen and oxygen atoms in total. The molecule has 0 aliphatic carbocycles. The van der Waals surface area contributed by atoms with E-state index in [2.05, 4.69) is 0 Å². The van der Waals surface area contributed by atoms with Gasteiger partial charge in [-0.25, -0.2) is 0 Å². The van der Waals surface area contributed by atoms with Gasteiger partial charge in [-0.15, -0.1) is 0 Å². The molecule has 2 rings (SSSR count). The number of hydrogen-bond acceptors (Lipinski definition) is 4. The number of anilines is 1. The topological polar surface area (TPSA) is 105 Å². The molecule has 0 aliphatic heterocycles. The lowest BCUT2D eigenvalue weighted by Gasteiger charge is -2.09. The maximum atomic E-state index is 12.6. The maximum Gasteiger partial charge on any atom is 0.417 e. The zero-order valence-electron chi connectivity index (χ0n) is 11.5. The first kappa shape index (κ1) is 17.5. The highest BCUT2D eigenvalue weighted by molar-refractivity contribution is 6.34. The monoisotopic (exact) mass is 361 g/mol. The number of aromatic nitrogens is 1. The Morgan fingerprint density at radius 1 is 1.29 bits per heavy atom. The van der Waals surface area contributed by atoms with Crippen molar-refractivity contribution in [3.8, 4) is 0 Å². The van der Waals surface area contributed by atoms with E-state index in [1.165, 1.54) is 0 Å². The van der Waals surface area contributed by atoms with Crippen molar-refractivity contribution in [3.63, 3.8) is 0 Å². The van der Waals surface area contributed by atoms with Crippen LogP contribution >= 0.6 is 11.6 Å². The predicted octanol–water partition coefficient (Wildman–Crippen LogP) is 3.21. The first-order valence-corrected chi connectivity index (χ1v) is 6.52. The number of alkyl halides is 3. The molecule has 1 aromatic carbocycles. The number of H-pyrrole nitrogens is 1. The highest BCUT2D eigenvalue weighted by Crippen LogP contribution is 2.29. The SMILES string of the molecule is O=C(Nc1cc(C(F)(F)F)c[nH]c1=O)c1ccc([N+](=O)[O-])cc1Cl. The molecular weight excluding hydrogens is 355 g/mol. The van der Waals surface area contributed by atoms with Crippen molar-refractivity contribution in [1.82, 2.24) is 4.98 Å². The van der Waals surface area contributed by atoms with E-state index in [1.54, 1.807) is 0 Å². The van der Waals surface area contributed by atoms with Gasteiger partial charge in [0.05, 0.1) is 21.1 Å². The van der Waals surface area contributed by atoms with Gasteiger partial charge in [0.25, 0.3) is 17.2 Å². The molecule has 2 N–H and O–H groups in total. The molecule has 0 fully saturated rings. The number of nitrogens with one attached hydrogen (secondary N) is 2. The van der Waals surface area contributed by atoms with Crippen LogP contribution in [0, 0.1) is 10.1 Å². The largest absolute Gasteiger partial charge is 0.417 e. The number of pyridine rings is 1. The van der Waals surface area contributed by atoms with Gasteiger partial charge in [0.15, 0.2) is 0 Å². The van der Waals surface area contributed by atoms with E-state index in [4.69, 9.17) is 11.6 Å². The number of rotatable bonds is 3. The summed E-state index contributed by atoms with van der Waals surface area (Å²) < 4.78 is 37.9. The molecule has 0 spiro atoms. The minimum absolute atomic E-state index is 0.237. The van der Waals surface area contributed by atoms with Crippen molar-refractivity contribution >= 4 is 28.9 Å². The molecule has 0 atom stereocenters. The van der Waals surface area contributed by atoms with Crippen LogP contribution < -0.4 is 10.9 Å². The summed E-state index contributed by atoms with van der Waals surface area (Å²) in [6.07, 6.45) is -4.24. The van der Waals surface area contributed by atoms with Crippen LogP contribution in [0.4, 0.5) is 24.5 Å². The molecule has 1 amide bonds. The van der Waals surface area contributed by atoms with Crippen molar-refractivity contribution in [2.45, 2.75) is 6.18 Å². The Bertz CT molecular complexity index is 879. The number of aromatic amines is 1. The molecule has 24 heavy (non-hydrogen) atoms. The van der Waals surface area contributed by atoms with E-state index in [-0.39, 0.29) is 16.3 Å². The molecule has 0 unspecified atom stereocenters. The third-order valence-corrected chi connectivity index (χ3v) is 3.20. The molecule has 0 saturated heterocycles. The summed E-state index contributed by atoms with van der Waals surface area (Å²) in [6.45, 7) is 0. The van der Waals surface area contributed by atoms with E-state index in [1.807, 2.05) is 10.3 Å². The first-order chi connectivity index (χ1) is 11.1. The van der Waals surface area contributed by atoms with Crippen molar-refractivity contribution in [3.05, 3.63) is 67.1 Å². The van der Waals surface area contributed by atoms with Crippen LogP contribution in [0.25, 0.3) is 0 Å². The van der Waals surface area contributed by atoms with Gasteiger partial charge < -0.3 is 10.3 Å². The highest BCUT2D eigenvalue weighted by atomic mass is 35.5. The fourth-order valence-corrected chi connectivity index (χ4v) is 1.99. The molecule has 2 aromatic rings. The molecule has 0 aliphatic rings. The summed E-state index contributed by atoms with van der Waals surface area (Å²) >= 11 is 5.75. The average Bonchev–Trinajstić information content (AvgIpc) is 2.47. The smallest absolute Gasteiger partial charge is 0.327 e. The van der Waals surface area contributed by atoms with E-state index in [0.717, 1.165) is 18.2 Å². The minimum Gasteiger partial charge on any atom is -0.327 e. The van der Waals surface area contributed by atoms with Crippen LogP contribution in [-0.2, 0) is 6.18 Å². The quantitative estimate of drug-likeness (QED) is 0.646. The Morgan fingerprint density at radius 3 is 2.50 bits per heavy atom. The second-order valence-corrected chi connectivity index (χ2v) is 4.91. The second kappa shape index (κ2) is 6.32. The molecule has 1 aromatic heterocycles. The number of nitro groups is 1. The van der Waals surface area contributed by atoms with Crippen molar-refractivity contribution in [2.75, 3.05) is 5.32 Å². The first-order valence-electron chi connectivity index (χ1n) is 6.15. The van der Waals surface area contributed by atoms with E-state index >= 15 is 0 Å². The number of halogens is 4. The standard InChI is InChI=1S/C13H7ClF3N3O4/c14-9-4-7(20(23)24)1-2-8(9)11(21)19-10-3-6(13(15,16)17)5-18-12(10)22/h1-5H,(H,18,22)(H,19,21). The zero-order valence-corrected chi connectivity index (χ0v) is 12.2. The number of amides is 1. The van der Waals surface area contributed by atoms with Gasteiger partial charge in [-0.05, 0) is 12.1 Å². The van der Waals surface area contributed by atoms with Crippen LogP contribution in [0.5, 0.6) is 0 Å². The fourth-order valence-electron chi connectivity index (χ4n) is 1.73. The lowest BCUT2D eigenvalue weighted by Crippen LogP contribution is -2.21. The van der Waals surface area contributed by atoms with Crippen molar-refractivity contribution in [1.29, 1.82) is 0 Å². The van der Waals surface area contributed by atoms with Gasteiger partial charge in [0.2, 0.25) is 0 Å². The number of hydrogen-bond donors (Lipinski definition) is 2. The van der Waals surface area contributed by atoms with Crippen LogP contribution in [-0.4, -0.2) is 15.8 Å². The number of nitrogens with zero attached hydrogens (tertiary/aromatic N) is 1. The van der Waals surface area contributed by atoms with E-state index in [0.29, 0.717) is 12.3 Å². The fraction of sp³-hybridized carbons (Fsp3) is 0.0769. The molecule has 0 radical (unpaired) electrons. The highest BCUT2D eigenvalue weighted by Gasteiger charge is 2.31. The molecule has 11 heteroatoms. The summed E-state index contributed by atoms with van der Waals surface area (Å²) in [6, 6.07) is 3.40. The zero-order chi connectivity index (χ0) is 18.1. The Kier molecular flexibility index (Phi) is 4.60. The number of benzene rings is 1. The van der Waals surface area contributed by atoms with Gasteiger partial charge in [-0.3, -0.25) is 19.7 Å². The minimum atomic E-state index is -4.71. The number of carbonyl (C=O) groups excluding carboxylic acids is 1. The van der Waals surface area contributed by atoms with Crippen LogP contribution in [0.15, 0.2) is 35.3 Å². The summed E-state index contributed by atoms with van der Waals surface area (Å²) in [5, 5.41) is 12.3. The average molecular weight is 362 g/mol. The third-order valence-electron chi connectivity index (χ3n) is 2.89. The number of non-ortho nitro benzene ring substituents is 1. The van der Waals surface area contributed by atoms with Gasteiger partial charge in [0, 0.05) is 18.3 Å². The van der Waals surface area contributed by atoms with Crippen LogP contribution in [0.1, 0.15) is 15.9 Å². The molecule has 0 bridgehead atoms. The lowest BCUT2D eigenvalue weighted by atomic mass is 10.2. The molecule has 126 valence electrons. The molecular formula is C13H7ClF3N3O4. The predicted molar refractivity (Wildman–Crippen MR) is 78.1 cm³/mol. The Balaban J connectivity index is 2.33. The summed E-state index contributed by atoms with van der Waals surface area (Å²) in [4.78, 5) is 35.3. The summed E-state index contributed by atoms with van der Waals surface area (Å²) in [5.41, 5.74) is -3.35. The third kappa shape index (κ3) is 3.71. The van der Waals surface area contributed by atoms with Crippen LogP contribution in [0.3, 0.4) is 0 Å². The van der Waals surface area contributed by atoms with Gasteiger partial charge >= 0.3 is 6.18 Å². The van der Waals surface area contributed by atoms with Crippen molar-refractivity contribution in [2.24, 2.45) is 0 Å². The van der Waals surface area contributed by atoms with Gasteiger partial charge in [0.1, 0.15) is 5.69 Å². The van der Waals surface area contributed by atoms with Crippen molar-refractivity contribution < 1.29 is 22.9 Å². The van der Waals surface area contributed by atoms with Gasteiger partial charge in [-0.1, -0.05) is 11.6 Å². The Hall–Kier alpha value is -2.88. The maximum absolute atomic E-state index is 12.6. The lowest BCUT2D eigenvalue weighted by molar-refractivity contribution is -0.384. The van der Waals surface area contributed by atoms with E-state index in [9.17, 15) is 32.9 Å². The second-order valence-electron chi connectivity index (χ2n) is 4.50. The Labute approximate surface area is 136 Å². The summed E-state index contributed by atoms with van der Waals surface area (Å²) in [7, 11) is 0. The number of carbonyl (C=O) groups is 1. The van der Waals surface area contributed by atoms with Crippen LogP contribution in [0.2, 0.25) is 5.02 Å². The summed E-state index contributed by atoms with van der Waals surface area (Å²) in [5.74, 6) is -0.986. The van der Waals surface area contributed by atoms with E-state index < -0.39 is 33.8 Å². The van der Waals surface area contributed by atoms with Gasteiger partial charge in [-0.2, -0.15) is 13.2 Å².